The molecule has 2 rings (SSSR count). The predicted octanol–water partition coefficient (Wildman–Crippen LogP) is 6.18. The largest absolute Gasteiger partial charge is 0.416 e. The van der Waals surface area contributed by atoms with E-state index in [2.05, 4.69) is 14.7 Å². The number of nitrogens with zero attached hydrogens (tertiary/aromatic N) is 2. The number of hydrogen-bond acceptors (Lipinski definition) is 4. The van der Waals surface area contributed by atoms with Crippen molar-refractivity contribution in [1.82, 2.24) is 14.7 Å². The summed E-state index contributed by atoms with van der Waals surface area (Å²) in [6, 6.07) is 2.76. The van der Waals surface area contributed by atoms with Gasteiger partial charge in [-0.25, -0.2) is 8.93 Å². The van der Waals surface area contributed by atoms with E-state index in [0.717, 1.165) is 36.7 Å². The minimum absolute atomic E-state index is 0. The summed E-state index contributed by atoms with van der Waals surface area (Å²) < 4.78 is 88.4. The second-order valence-corrected chi connectivity index (χ2v) is 9.94. The molecule has 0 aromatic carbocycles. The first-order valence-corrected chi connectivity index (χ1v) is 10.6. The zero-order valence-electron chi connectivity index (χ0n) is 19.0. The van der Waals surface area contributed by atoms with Gasteiger partial charge in [0.2, 0.25) is 0 Å². The fourth-order valence-electron chi connectivity index (χ4n) is 2.13. The Hall–Kier alpha value is -1.47. The van der Waals surface area contributed by atoms with E-state index in [1.54, 1.807) is 34.6 Å². The van der Waals surface area contributed by atoms with Gasteiger partial charge in [0.05, 0.1) is 44.3 Å². The van der Waals surface area contributed by atoms with Crippen LogP contribution in [0.5, 0.6) is 0 Å². The van der Waals surface area contributed by atoms with Crippen LogP contribution in [0, 0.1) is 0 Å². The topological polar surface area (TPSA) is 80.9 Å². The van der Waals surface area contributed by atoms with Crippen molar-refractivity contribution in [2.24, 2.45) is 5.73 Å². The van der Waals surface area contributed by atoms with Crippen LogP contribution in [-0.4, -0.2) is 18.9 Å². The quantitative estimate of drug-likeness (QED) is 0.441. The number of nitrogens with one attached hydrogen (secondary N) is 1. The molecule has 3 atom stereocenters. The van der Waals surface area contributed by atoms with E-state index >= 15 is 0 Å². The Balaban J connectivity index is 0. The molecule has 0 bridgehead atoms. The molecule has 0 aliphatic carbocycles. The highest BCUT2D eigenvalue weighted by molar-refractivity contribution is 7.84. The molecule has 0 amide bonds. The molecule has 5 nitrogen and oxygen atoms in total. The number of hydrogen-bond donors (Lipinski definition) is 2. The van der Waals surface area contributed by atoms with E-state index in [9.17, 15) is 30.6 Å². The van der Waals surface area contributed by atoms with Gasteiger partial charge in [-0.15, -0.1) is 24.8 Å². The molecule has 14 heteroatoms. The van der Waals surface area contributed by atoms with Crippen molar-refractivity contribution >= 4 is 35.8 Å². The van der Waals surface area contributed by atoms with Crippen molar-refractivity contribution in [2.75, 3.05) is 0 Å². The number of aromatic nitrogens is 2. The molecule has 0 aliphatic heterocycles. The van der Waals surface area contributed by atoms with Crippen molar-refractivity contribution in [3.63, 3.8) is 0 Å². The summed E-state index contributed by atoms with van der Waals surface area (Å²) in [5.41, 5.74) is 4.39. The number of pyridine rings is 2. The van der Waals surface area contributed by atoms with Crippen LogP contribution in [0.3, 0.4) is 0 Å². The zero-order valence-corrected chi connectivity index (χ0v) is 21.4. The van der Waals surface area contributed by atoms with E-state index in [1.807, 2.05) is 0 Å². The lowest BCUT2D eigenvalue weighted by molar-refractivity contribution is -0.138. The summed E-state index contributed by atoms with van der Waals surface area (Å²) in [6.07, 6.45) is -6.51. The standard InChI is InChI=1S/C12H17F3N2OS.C8H9F3N2.2ClH/c1-8(17-19(18)11(2,3)4)10-7-9(5-6-16-10)12(13,14)15;1-5(12)7-4-6(2-3-13-7)8(9,10)11;;/h5-8,17H,1-4H3;2-5H,12H2,1H3;2*1H/t8-,19-;5-;;/m11../s1. The summed E-state index contributed by atoms with van der Waals surface area (Å²) in [5.74, 6) is 0. The van der Waals surface area contributed by atoms with E-state index in [-0.39, 0.29) is 36.2 Å². The second-order valence-electron chi connectivity index (χ2n) is 7.94. The van der Waals surface area contributed by atoms with Gasteiger partial charge in [0.15, 0.2) is 0 Å². The number of halogens is 8. The first-order chi connectivity index (χ1) is 14.4. The summed E-state index contributed by atoms with van der Waals surface area (Å²) in [7, 11) is -1.37. The zero-order chi connectivity index (χ0) is 24.9. The summed E-state index contributed by atoms with van der Waals surface area (Å²) >= 11 is 0. The van der Waals surface area contributed by atoms with Crippen LogP contribution in [0.1, 0.15) is 69.2 Å². The molecule has 0 aliphatic rings. The van der Waals surface area contributed by atoms with Crippen LogP contribution < -0.4 is 10.5 Å². The van der Waals surface area contributed by atoms with Crippen LogP contribution in [0.2, 0.25) is 0 Å². The maximum absolute atomic E-state index is 12.6. The van der Waals surface area contributed by atoms with E-state index in [0.29, 0.717) is 0 Å². The average Bonchev–Trinajstić information content (AvgIpc) is 2.66. The molecule has 2 aromatic heterocycles. The van der Waals surface area contributed by atoms with Crippen LogP contribution in [0.4, 0.5) is 26.3 Å². The Morgan fingerprint density at radius 2 is 1.24 bits per heavy atom. The highest BCUT2D eigenvalue weighted by Crippen LogP contribution is 2.30. The Labute approximate surface area is 209 Å². The van der Waals surface area contributed by atoms with Gasteiger partial charge in [0, 0.05) is 18.4 Å². The predicted molar refractivity (Wildman–Crippen MR) is 125 cm³/mol. The molecule has 3 N–H and O–H groups in total. The molecule has 0 radical (unpaired) electrons. The molecular weight excluding hydrogens is 529 g/mol. The third kappa shape index (κ3) is 11.3. The summed E-state index contributed by atoms with van der Waals surface area (Å²) in [4.78, 5) is 7.62. The van der Waals surface area contributed by atoms with Crippen molar-refractivity contribution in [1.29, 1.82) is 0 Å². The van der Waals surface area contributed by atoms with Crippen molar-refractivity contribution in [3.05, 3.63) is 59.2 Å². The van der Waals surface area contributed by atoms with Gasteiger partial charge >= 0.3 is 12.4 Å². The van der Waals surface area contributed by atoms with Gasteiger partial charge in [-0.3, -0.25) is 9.97 Å². The van der Waals surface area contributed by atoms with E-state index in [4.69, 9.17) is 5.73 Å². The maximum Gasteiger partial charge on any atom is 0.416 e. The SMILES string of the molecule is C[C@@H](N)c1cc(C(F)(F)F)ccn1.C[C@@H](N[S@](=O)C(C)(C)C)c1cc(C(F)(F)F)ccn1.Cl.Cl. The Bertz CT molecular complexity index is 921. The maximum atomic E-state index is 12.6. The third-order valence-electron chi connectivity index (χ3n) is 3.97. The first-order valence-electron chi connectivity index (χ1n) is 9.43. The normalized spacial score (nSPS) is 14.5. The molecule has 2 aromatic rings. The number of rotatable bonds is 4. The van der Waals surface area contributed by atoms with Crippen LogP contribution >= 0.6 is 24.8 Å². The molecule has 0 unspecified atom stereocenters. The van der Waals surface area contributed by atoms with Gasteiger partial charge in [-0.1, -0.05) is 0 Å². The van der Waals surface area contributed by atoms with E-state index in [1.165, 1.54) is 0 Å². The van der Waals surface area contributed by atoms with Gasteiger partial charge in [-0.2, -0.15) is 26.3 Å². The Morgan fingerprint density at radius 1 is 0.853 bits per heavy atom. The molecular formula is C20H28Cl2F6N4OS. The summed E-state index contributed by atoms with van der Waals surface area (Å²) in [5, 5.41) is 0. The molecule has 196 valence electrons. The Kier molecular flexibility index (Phi) is 13.9. The lowest BCUT2D eigenvalue weighted by Gasteiger charge is -2.22. The first kappa shape index (κ1) is 34.7. The van der Waals surface area contributed by atoms with Crippen molar-refractivity contribution in [3.8, 4) is 0 Å². The summed E-state index contributed by atoms with van der Waals surface area (Å²) in [6.45, 7) is 8.56. The molecule has 0 saturated carbocycles. The lowest BCUT2D eigenvalue weighted by atomic mass is 10.1. The van der Waals surface area contributed by atoms with E-state index < -0.39 is 51.3 Å². The molecule has 2 heterocycles. The minimum Gasteiger partial charge on any atom is -0.323 e. The van der Waals surface area contributed by atoms with Gasteiger partial charge in [-0.05, 0) is 58.9 Å². The highest BCUT2D eigenvalue weighted by Gasteiger charge is 2.32. The average molecular weight is 557 g/mol. The Morgan fingerprint density at radius 3 is 1.59 bits per heavy atom. The molecule has 0 spiro atoms. The van der Waals surface area contributed by atoms with Gasteiger partial charge in [0.25, 0.3) is 0 Å². The monoisotopic (exact) mass is 556 g/mol. The van der Waals surface area contributed by atoms with Crippen molar-refractivity contribution in [2.45, 2.75) is 63.8 Å². The number of nitrogens with two attached hydrogens (primary N) is 1. The van der Waals surface area contributed by atoms with Crippen LogP contribution in [0.25, 0.3) is 0 Å². The van der Waals surface area contributed by atoms with Gasteiger partial charge in [0.1, 0.15) is 0 Å². The fraction of sp³-hybridized carbons (Fsp3) is 0.500. The molecule has 34 heavy (non-hydrogen) atoms. The third-order valence-corrected chi connectivity index (χ3v) is 5.65. The lowest BCUT2D eigenvalue weighted by Crippen LogP contribution is -2.35. The van der Waals surface area contributed by atoms with Crippen LogP contribution in [-0.2, 0) is 23.3 Å². The molecule has 0 fully saturated rings. The molecule has 0 saturated heterocycles. The van der Waals surface area contributed by atoms with Crippen molar-refractivity contribution < 1.29 is 30.6 Å². The van der Waals surface area contributed by atoms with Gasteiger partial charge < -0.3 is 5.73 Å². The fourth-order valence-corrected chi connectivity index (χ4v) is 2.93. The number of alkyl halides is 6. The van der Waals surface area contributed by atoms with Crippen LogP contribution in [0.15, 0.2) is 36.7 Å². The second kappa shape index (κ2) is 13.6. The minimum atomic E-state index is -4.40. The smallest absolute Gasteiger partial charge is 0.323 e. The highest BCUT2D eigenvalue weighted by atomic mass is 35.5.